The third kappa shape index (κ3) is 5.12. The lowest BCUT2D eigenvalue weighted by atomic mass is 10.1. The summed E-state index contributed by atoms with van der Waals surface area (Å²) >= 11 is 11.9. The Bertz CT molecular complexity index is 1020. The molecule has 0 aliphatic carbocycles. The van der Waals surface area contributed by atoms with Crippen LogP contribution in [0.25, 0.3) is 0 Å². The fraction of sp³-hybridized carbons (Fsp3) is 0.0909. The number of carbonyl (C=O) groups is 2. The molecule has 28 heavy (non-hydrogen) atoms. The molecule has 142 valence electrons. The van der Waals surface area contributed by atoms with E-state index in [-0.39, 0.29) is 12.5 Å². The average molecular weight is 414 g/mol. The number of nitrogens with one attached hydrogen (secondary N) is 1. The second-order valence-corrected chi connectivity index (χ2v) is 7.06. The van der Waals surface area contributed by atoms with E-state index < -0.39 is 5.97 Å². The van der Waals surface area contributed by atoms with Crippen LogP contribution in [0.15, 0.2) is 66.7 Å². The number of benzene rings is 3. The van der Waals surface area contributed by atoms with Gasteiger partial charge in [-0.05, 0) is 49.4 Å². The van der Waals surface area contributed by atoms with Gasteiger partial charge in [-0.15, -0.1) is 0 Å². The summed E-state index contributed by atoms with van der Waals surface area (Å²) in [6.07, 6.45) is 0. The molecule has 0 saturated carbocycles. The van der Waals surface area contributed by atoms with Gasteiger partial charge < -0.3 is 10.1 Å². The smallest absolute Gasteiger partial charge is 0.338 e. The van der Waals surface area contributed by atoms with Gasteiger partial charge in [-0.1, -0.05) is 53.0 Å². The molecule has 0 aromatic heterocycles. The van der Waals surface area contributed by atoms with Crippen LogP contribution in [0.2, 0.25) is 10.0 Å². The van der Waals surface area contributed by atoms with Crippen molar-refractivity contribution in [3.63, 3.8) is 0 Å². The van der Waals surface area contributed by atoms with Gasteiger partial charge in [0.25, 0.3) is 5.91 Å². The Morgan fingerprint density at radius 1 is 0.929 bits per heavy atom. The highest BCUT2D eigenvalue weighted by atomic mass is 35.5. The molecular formula is C22H17Cl2NO3. The van der Waals surface area contributed by atoms with E-state index in [4.69, 9.17) is 27.9 Å². The minimum Gasteiger partial charge on any atom is -0.457 e. The van der Waals surface area contributed by atoms with Crippen LogP contribution >= 0.6 is 23.2 Å². The van der Waals surface area contributed by atoms with Crippen LogP contribution < -0.4 is 5.32 Å². The number of aryl methyl sites for hydroxylation is 1. The first kappa shape index (κ1) is 19.9. The van der Waals surface area contributed by atoms with Crippen LogP contribution in [0.3, 0.4) is 0 Å². The number of anilines is 1. The predicted molar refractivity (Wildman–Crippen MR) is 111 cm³/mol. The van der Waals surface area contributed by atoms with E-state index in [1.165, 1.54) is 0 Å². The first-order valence-electron chi connectivity index (χ1n) is 8.51. The number of rotatable bonds is 5. The molecule has 0 bridgehead atoms. The van der Waals surface area contributed by atoms with E-state index in [1.807, 2.05) is 19.1 Å². The van der Waals surface area contributed by atoms with Gasteiger partial charge in [0.15, 0.2) is 0 Å². The van der Waals surface area contributed by atoms with Crippen molar-refractivity contribution in [3.05, 3.63) is 99.0 Å². The largest absolute Gasteiger partial charge is 0.457 e. The van der Waals surface area contributed by atoms with E-state index in [9.17, 15) is 9.59 Å². The normalized spacial score (nSPS) is 10.4. The van der Waals surface area contributed by atoms with Crippen molar-refractivity contribution < 1.29 is 14.3 Å². The highest BCUT2D eigenvalue weighted by molar-refractivity contribution is 6.35. The van der Waals surface area contributed by atoms with Gasteiger partial charge in [0.2, 0.25) is 0 Å². The van der Waals surface area contributed by atoms with E-state index in [0.717, 1.165) is 5.56 Å². The van der Waals surface area contributed by atoms with Gasteiger partial charge in [0, 0.05) is 26.9 Å². The van der Waals surface area contributed by atoms with Crippen molar-refractivity contribution in [2.24, 2.45) is 0 Å². The molecule has 1 amide bonds. The van der Waals surface area contributed by atoms with E-state index >= 15 is 0 Å². The fourth-order valence-corrected chi connectivity index (χ4v) is 2.96. The topological polar surface area (TPSA) is 55.4 Å². The molecule has 6 heteroatoms. The zero-order chi connectivity index (χ0) is 20.1. The summed E-state index contributed by atoms with van der Waals surface area (Å²) in [4.78, 5) is 24.7. The van der Waals surface area contributed by atoms with Crippen molar-refractivity contribution >= 4 is 40.8 Å². The molecule has 3 rings (SSSR count). The number of ether oxygens (including phenoxy) is 1. The molecule has 3 aromatic rings. The van der Waals surface area contributed by atoms with Crippen molar-refractivity contribution in [1.82, 2.24) is 0 Å². The van der Waals surface area contributed by atoms with Crippen LogP contribution in [0.4, 0.5) is 5.69 Å². The lowest BCUT2D eigenvalue weighted by molar-refractivity contribution is 0.0472. The summed E-state index contributed by atoms with van der Waals surface area (Å²) in [5.41, 5.74) is 3.10. The molecule has 0 saturated heterocycles. The number of halogens is 2. The first-order valence-corrected chi connectivity index (χ1v) is 9.27. The summed E-state index contributed by atoms with van der Waals surface area (Å²) in [5, 5.41) is 3.72. The Balaban J connectivity index is 1.65. The monoisotopic (exact) mass is 413 g/mol. The maximum atomic E-state index is 12.3. The molecule has 0 atom stereocenters. The summed E-state index contributed by atoms with van der Waals surface area (Å²) < 4.78 is 5.31. The Morgan fingerprint density at radius 2 is 1.68 bits per heavy atom. The molecule has 0 radical (unpaired) electrons. The maximum absolute atomic E-state index is 12.3. The molecular weight excluding hydrogens is 397 g/mol. The van der Waals surface area contributed by atoms with Crippen molar-refractivity contribution in [2.75, 3.05) is 5.32 Å². The highest BCUT2D eigenvalue weighted by Crippen LogP contribution is 2.22. The molecule has 0 aliphatic rings. The van der Waals surface area contributed by atoms with Crippen molar-refractivity contribution in [1.29, 1.82) is 0 Å². The van der Waals surface area contributed by atoms with Crippen LogP contribution in [0, 0.1) is 6.92 Å². The Hall–Kier alpha value is -2.82. The number of esters is 1. The molecule has 3 aromatic carbocycles. The summed E-state index contributed by atoms with van der Waals surface area (Å²) in [6, 6.07) is 18.8. The minimum absolute atomic E-state index is 0.0226. The number of hydrogen-bond donors (Lipinski definition) is 1. The zero-order valence-electron chi connectivity index (χ0n) is 15.0. The Morgan fingerprint density at radius 3 is 2.39 bits per heavy atom. The molecule has 0 unspecified atom stereocenters. The Kier molecular flexibility index (Phi) is 6.34. The minimum atomic E-state index is -0.516. The number of carbonyl (C=O) groups excluding carboxylic acids is 2. The lowest BCUT2D eigenvalue weighted by Gasteiger charge is -2.09. The predicted octanol–water partition coefficient (Wildman–Crippen LogP) is 5.91. The van der Waals surface area contributed by atoms with Gasteiger partial charge in [-0.25, -0.2) is 4.79 Å². The summed E-state index contributed by atoms with van der Waals surface area (Å²) in [6.45, 7) is 1.97. The van der Waals surface area contributed by atoms with Crippen LogP contribution in [-0.4, -0.2) is 11.9 Å². The summed E-state index contributed by atoms with van der Waals surface area (Å²) in [7, 11) is 0. The van der Waals surface area contributed by atoms with Gasteiger partial charge in [-0.2, -0.15) is 0 Å². The molecule has 1 N–H and O–H groups in total. The molecule has 0 spiro atoms. The van der Waals surface area contributed by atoms with Crippen molar-refractivity contribution in [2.45, 2.75) is 13.5 Å². The molecule has 4 nitrogen and oxygen atoms in total. The maximum Gasteiger partial charge on any atom is 0.338 e. The number of hydrogen-bond acceptors (Lipinski definition) is 3. The second-order valence-electron chi connectivity index (χ2n) is 6.21. The standard InChI is InChI=1S/C22H17Cl2NO3/c1-14-5-7-15(8-6-14)21(26)25-19-4-2-3-16(11-19)22(27)28-13-17-9-10-18(23)12-20(17)24/h2-12H,13H2,1H3,(H,25,26). The highest BCUT2D eigenvalue weighted by Gasteiger charge is 2.12. The average Bonchev–Trinajstić information content (AvgIpc) is 2.68. The van der Waals surface area contributed by atoms with Crippen molar-refractivity contribution in [3.8, 4) is 0 Å². The van der Waals surface area contributed by atoms with E-state index in [1.54, 1.807) is 54.6 Å². The van der Waals surface area contributed by atoms with E-state index in [2.05, 4.69) is 5.32 Å². The SMILES string of the molecule is Cc1ccc(C(=O)Nc2cccc(C(=O)OCc3ccc(Cl)cc3Cl)c2)cc1. The van der Waals surface area contributed by atoms with Gasteiger partial charge in [-0.3, -0.25) is 4.79 Å². The summed E-state index contributed by atoms with van der Waals surface area (Å²) in [5.74, 6) is -0.768. The molecule has 0 heterocycles. The van der Waals surface area contributed by atoms with Gasteiger partial charge in [0.05, 0.1) is 5.56 Å². The molecule has 0 aliphatic heterocycles. The van der Waals surface area contributed by atoms with Crippen LogP contribution in [-0.2, 0) is 11.3 Å². The van der Waals surface area contributed by atoms with Crippen LogP contribution in [0.5, 0.6) is 0 Å². The zero-order valence-corrected chi connectivity index (χ0v) is 16.6. The number of amides is 1. The second kappa shape index (κ2) is 8.91. The van der Waals surface area contributed by atoms with Gasteiger partial charge in [0.1, 0.15) is 6.61 Å². The Labute approximate surface area is 173 Å². The van der Waals surface area contributed by atoms with E-state index in [0.29, 0.717) is 32.4 Å². The third-order valence-electron chi connectivity index (χ3n) is 4.04. The third-order valence-corrected chi connectivity index (χ3v) is 4.63. The molecule has 0 fully saturated rings. The quantitative estimate of drug-likeness (QED) is 0.528. The fourth-order valence-electron chi connectivity index (χ4n) is 2.50. The van der Waals surface area contributed by atoms with Crippen LogP contribution in [0.1, 0.15) is 31.8 Å². The first-order chi connectivity index (χ1) is 13.4. The lowest BCUT2D eigenvalue weighted by Crippen LogP contribution is -2.12. The van der Waals surface area contributed by atoms with Gasteiger partial charge >= 0.3 is 5.97 Å².